The van der Waals surface area contributed by atoms with E-state index in [0.29, 0.717) is 123 Å². The lowest BCUT2D eigenvalue weighted by Gasteiger charge is -2.16. The molecule has 16 aromatic rings. The minimum Gasteiger partial charge on any atom is -0.295 e. The number of Topliss-reactive ketones (excluding diaryl/α,β-unsaturated/α-hetero) is 4. The van der Waals surface area contributed by atoms with E-state index in [-0.39, 0.29) is 23.1 Å². The Morgan fingerprint density at radius 2 is 0.470 bits per heavy atom. The molecule has 4 aromatic heterocycles. The molecule has 12 heteroatoms. The van der Waals surface area contributed by atoms with Crippen molar-refractivity contribution in [3.8, 4) is 123 Å². The molecule has 0 atom stereocenters. The summed E-state index contributed by atoms with van der Waals surface area (Å²) in [7, 11) is 0. The minimum absolute atomic E-state index is 0.0363. The molecule has 0 N–H and O–H groups in total. The van der Waals surface area contributed by atoms with Crippen LogP contribution in [0.25, 0.3) is 168 Å². The fourth-order valence-corrected chi connectivity index (χ4v) is 13.1. The normalized spacial score (nSPS) is 11.4. The van der Waals surface area contributed by atoms with Gasteiger partial charge in [-0.05, 0) is 134 Å². The van der Waals surface area contributed by atoms with Crippen LogP contribution in [0, 0.1) is 0 Å². The maximum absolute atomic E-state index is 14.2. The molecule has 0 aliphatic carbocycles. The number of nitrogens with zero attached hydrogens (tertiary/aromatic N) is 8. The molecule has 0 amide bonds. The Morgan fingerprint density at radius 1 is 0.190 bits per heavy atom. The molecule has 12 nitrogen and oxygen atoms in total. The van der Waals surface area contributed by atoms with Gasteiger partial charge < -0.3 is 0 Å². The van der Waals surface area contributed by atoms with E-state index >= 15 is 0 Å². The summed E-state index contributed by atoms with van der Waals surface area (Å²) in [5.74, 6) is -0.328. The highest BCUT2D eigenvalue weighted by Gasteiger charge is 2.24. The molecule has 0 unspecified atom stereocenters. The number of rotatable bonds is 15. The third kappa shape index (κ3) is 11.7. The maximum Gasteiger partial charge on any atom is 0.160 e. The molecule has 474 valence electrons. The van der Waals surface area contributed by atoms with E-state index in [9.17, 15) is 19.2 Å². The summed E-state index contributed by atoms with van der Waals surface area (Å²) in [6.07, 6.45) is 0. The van der Waals surface area contributed by atoms with Gasteiger partial charge >= 0.3 is 0 Å². The van der Waals surface area contributed by atoms with Crippen LogP contribution in [0.5, 0.6) is 0 Å². The molecule has 0 saturated carbocycles. The number of aromatic nitrogens is 8. The van der Waals surface area contributed by atoms with Gasteiger partial charge in [0.25, 0.3) is 0 Å². The van der Waals surface area contributed by atoms with Gasteiger partial charge in [0, 0.05) is 66.8 Å². The standard InChI is InChI=1S/C88H58N8O4/c1-51(97)58-25-16-28-66(43-58)84-81(55-19-8-5-9-20-55)89-73-39-34-62(47-77(73)93-84)63-35-40-74-78(48-63)94-86(67-29-17-26-59(44-67)52(2)98)85(92-74)68-30-18-27-60(45-68)61-33-38-71(72(46-61)54(4)100)88-83(57-23-12-7-13-24-57)91-76-42-37-65(50-80(76)96-88)64-36-41-75-79(49-64)95-87(70-32-15-14-31-69(70)53(3)99)82(90-75)56-21-10-6-11-22-56/h5-50H,1-4H3. The predicted octanol–water partition coefficient (Wildman–Crippen LogP) is 20.6. The summed E-state index contributed by atoms with van der Waals surface area (Å²) < 4.78 is 0. The van der Waals surface area contributed by atoms with Crippen LogP contribution in [0.2, 0.25) is 0 Å². The van der Waals surface area contributed by atoms with Crippen molar-refractivity contribution in [1.82, 2.24) is 39.9 Å². The smallest absolute Gasteiger partial charge is 0.160 e. The first kappa shape index (κ1) is 61.5. The lowest BCUT2D eigenvalue weighted by atomic mass is 9.92. The molecule has 0 bridgehead atoms. The first-order chi connectivity index (χ1) is 48.8. The van der Waals surface area contributed by atoms with Crippen LogP contribution >= 0.6 is 0 Å². The Bertz CT molecular complexity index is 6060. The summed E-state index contributed by atoms with van der Waals surface area (Å²) in [6.45, 7) is 6.25. The van der Waals surface area contributed by atoms with Gasteiger partial charge in [-0.3, -0.25) is 19.2 Å². The predicted molar refractivity (Wildman–Crippen MR) is 399 cm³/mol. The number of ketones is 4. The highest BCUT2D eigenvalue weighted by molar-refractivity contribution is 6.06. The van der Waals surface area contributed by atoms with Crippen LogP contribution in [0.15, 0.2) is 279 Å². The van der Waals surface area contributed by atoms with Crippen LogP contribution < -0.4 is 0 Å². The molecule has 4 heterocycles. The van der Waals surface area contributed by atoms with Crippen molar-refractivity contribution in [2.45, 2.75) is 27.7 Å². The monoisotopic (exact) mass is 1290 g/mol. The van der Waals surface area contributed by atoms with Gasteiger partial charge in [0.15, 0.2) is 23.1 Å². The summed E-state index contributed by atoms with van der Waals surface area (Å²) in [5, 5.41) is 0. The van der Waals surface area contributed by atoms with Gasteiger partial charge in [0.2, 0.25) is 0 Å². The summed E-state index contributed by atoms with van der Waals surface area (Å²) in [5.41, 5.74) is 24.0. The molecule has 16 rings (SSSR count). The Kier molecular flexibility index (Phi) is 15.8. The second kappa shape index (κ2) is 25.7. The topological polar surface area (TPSA) is 171 Å². The van der Waals surface area contributed by atoms with Crippen molar-refractivity contribution in [3.63, 3.8) is 0 Å². The van der Waals surface area contributed by atoms with E-state index in [2.05, 4.69) is 6.07 Å². The molecular weight excluding hydrogens is 1230 g/mol. The zero-order valence-electron chi connectivity index (χ0n) is 54.8. The third-order valence-electron chi connectivity index (χ3n) is 18.2. The molecule has 0 spiro atoms. The molecule has 0 aliphatic heterocycles. The molecule has 100 heavy (non-hydrogen) atoms. The molecule has 0 fully saturated rings. The SMILES string of the molecule is CC(=O)c1cccc(-c2nc3cc(-c4ccc5nc(-c6cccc(-c7ccc(-c8nc9cc(-c%10ccc%11nc(-c%12ccccc%12)c(-c%12ccccc%12C(C)=O)nc%11c%10)ccc9nc8-c8ccccc8)c(C(C)=O)c7)c6)c(-c6cccc(C(C)=O)c6)nc5c4)ccc3nc2-c2ccccc2)c1. The largest absolute Gasteiger partial charge is 0.295 e. The van der Waals surface area contributed by atoms with Crippen LogP contribution in [-0.2, 0) is 0 Å². The zero-order chi connectivity index (χ0) is 68.1. The number of fused-ring (bicyclic) bond motifs is 4. The highest BCUT2D eigenvalue weighted by atomic mass is 16.1. The first-order valence-electron chi connectivity index (χ1n) is 32.9. The average Bonchev–Trinajstić information content (AvgIpc) is 0.763. The van der Waals surface area contributed by atoms with Gasteiger partial charge in [-0.25, -0.2) is 39.9 Å². The first-order valence-corrected chi connectivity index (χ1v) is 32.9. The van der Waals surface area contributed by atoms with Gasteiger partial charge in [-0.15, -0.1) is 0 Å². The van der Waals surface area contributed by atoms with E-state index in [1.54, 1.807) is 33.8 Å². The molecular formula is C88H58N8O4. The van der Waals surface area contributed by atoms with E-state index in [4.69, 9.17) is 39.9 Å². The minimum atomic E-state index is -0.150. The Hall–Kier alpha value is -13.3. The fourth-order valence-electron chi connectivity index (χ4n) is 13.1. The highest BCUT2D eigenvalue weighted by Crippen LogP contribution is 2.41. The van der Waals surface area contributed by atoms with E-state index < -0.39 is 0 Å². The lowest BCUT2D eigenvalue weighted by molar-refractivity contribution is 0.100. The molecule has 0 saturated heterocycles. The van der Waals surface area contributed by atoms with Crippen molar-refractivity contribution in [3.05, 3.63) is 301 Å². The molecule has 12 aromatic carbocycles. The maximum atomic E-state index is 14.2. The van der Waals surface area contributed by atoms with Gasteiger partial charge in [-0.2, -0.15) is 0 Å². The van der Waals surface area contributed by atoms with Gasteiger partial charge in [-0.1, -0.05) is 206 Å². The lowest BCUT2D eigenvalue weighted by Crippen LogP contribution is -2.02. The van der Waals surface area contributed by atoms with E-state index in [0.717, 1.165) is 66.8 Å². The number of hydrogen-bond donors (Lipinski definition) is 0. The van der Waals surface area contributed by atoms with Gasteiger partial charge in [0.1, 0.15) is 0 Å². The summed E-state index contributed by atoms with van der Waals surface area (Å²) >= 11 is 0. The van der Waals surface area contributed by atoms with Crippen molar-refractivity contribution in [2.24, 2.45) is 0 Å². The van der Waals surface area contributed by atoms with Crippen molar-refractivity contribution in [1.29, 1.82) is 0 Å². The van der Waals surface area contributed by atoms with Gasteiger partial charge in [0.05, 0.1) is 89.7 Å². The fraction of sp³-hybridized carbons (Fsp3) is 0.0455. The third-order valence-corrected chi connectivity index (χ3v) is 18.2. The van der Waals surface area contributed by atoms with Crippen LogP contribution in [0.1, 0.15) is 69.1 Å². The Labute approximate surface area is 575 Å². The van der Waals surface area contributed by atoms with Crippen LogP contribution in [0.4, 0.5) is 0 Å². The second-order valence-corrected chi connectivity index (χ2v) is 24.9. The van der Waals surface area contributed by atoms with Crippen molar-refractivity contribution >= 4 is 67.3 Å². The average molecular weight is 1290 g/mol. The zero-order valence-corrected chi connectivity index (χ0v) is 54.8. The summed E-state index contributed by atoms with van der Waals surface area (Å²) in [6, 6.07) is 90.3. The van der Waals surface area contributed by atoms with Crippen LogP contribution in [-0.4, -0.2) is 63.0 Å². The quantitative estimate of drug-likeness (QED) is 0.0891. The number of benzene rings is 12. The van der Waals surface area contributed by atoms with Crippen molar-refractivity contribution in [2.75, 3.05) is 0 Å². The molecule has 0 radical (unpaired) electrons. The summed E-state index contributed by atoms with van der Waals surface area (Å²) in [4.78, 5) is 95.2. The second-order valence-electron chi connectivity index (χ2n) is 24.9. The van der Waals surface area contributed by atoms with E-state index in [1.165, 1.54) is 0 Å². The van der Waals surface area contributed by atoms with E-state index in [1.807, 2.05) is 267 Å². The van der Waals surface area contributed by atoms with Crippen molar-refractivity contribution < 1.29 is 19.2 Å². The Morgan fingerprint density at radius 3 is 0.870 bits per heavy atom. The molecule has 0 aliphatic rings. The number of hydrogen-bond acceptors (Lipinski definition) is 12. The number of carbonyl (C=O) groups is 4. The van der Waals surface area contributed by atoms with Crippen LogP contribution in [0.3, 0.4) is 0 Å². The number of carbonyl (C=O) groups excluding carboxylic acids is 4. The Balaban J connectivity index is 0.772.